The molecule has 0 aromatic heterocycles. The monoisotopic (exact) mass is 199 g/mol. The standard InChI is InChI=1S/C12H25NO/c1-3-4-5-6-9-12(2,10-14)13-11-7-8-11/h11,13-14H,3-10H2,1-2H3. The zero-order valence-corrected chi connectivity index (χ0v) is 9.68. The summed E-state index contributed by atoms with van der Waals surface area (Å²) in [6.45, 7) is 4.65. The molecule has 1 aliphatic carbocycles. The molecule has 1 aliphatic rings. The highest BCUT2D eigenvalue weighted by Crippen LogP contribution is 2.25. The molecule has 0 aromatic rings. The van der Waals surface area contributed by atoms with Crippen molar-refractivity contribution in [3.8, 4) is 0 Å². The van der Waals surface area contributed by atoms with Gasteiger partial charge in [0.15, 0.2) is 0 Å². The van der Waals surface area contributed by atoms with Gasteiger partial charge in [-0.1, -0.05) is 32.6 Å². The van der Waals surface area contributed by atoms with Gasteiger partial charge in [0.1, 0.15) is 0 Å². The third-order valence-electron chi connectivity index (χ3n) is 3.06. The first kappa shape index (κ1) is 12.0. The molecule has 2 nitrogen and oxygen atoms in total. The highest BCUT2D eigenvalue weighted by Gasteiger charge is 2.31. The lowest BCUT2D eigenvalue weighted by atomic mass is 9.95. The van der Waals surface area contributed by atoms with E-state index in [4.69, 9.17) is 0 Å². The molecule has 0 heterocycles. The molecule has 14 heavy (non-hydrogen) atoms. The molecule has 1 atom stereocenters. The van der Waals surface area contributed by atoms with E-state index < -0.39 is 0 Å². The summed E-state index contributed by atoms with van der Waals surface area (Å²) in [5, 5.41) is 12.9. The van der Waals surface area contributed by atoms with Crippen molar-refractivity contribution >= 4 is 0 Å². The van der Waals surface area contributed by atoms with Crippen LogP contribution in [0.25, 0.3) is 0 Å². The van der Waals surface area contributed by atoms with Crippen molar-refractivity contribution in [3.05, 3.63) is 0 Å². The Hall–Kier alpha value is -0.0800. The van der Waals surface area contributed by atoms with Crippen LogP contribution in [0.5, 0.6) is 0 Å². The van der Waals surface area contributed by atoms with E-state index in [9.17, 15) is 5.11 Å². The van der Waals surface area contributed by atoms with Crippen LogP contribution in [0.1, 0.15) is 58.8 Å². The maximum absolute atomic E-state index is 9.36. The van der Waals surface area contributed by atoms with Crippen molar-refractivity contribution in [3.63, 3.8) is 0 Å². The molecular weight excluding hydrogens is 174 g/mol. The van der Waals surface area contributed by atoms with Crippen LogP contribution in [0.2, 0.25) is 0 Å². The van der Waals surface area contributed by atoms with Crippen molar-refractivity contribution in [1.82, 2.24) is 5.32 Å². The van der Waals surface area contributed by atoms with Crippen LogP contribution in [0.4, 0.5) is 0 Å². The third-order valence-corrected chi connectivity index (χ3v) is 3.06. The van der Waals surface area contributed by atoms with Crippen LogP contribution < -0.4 is 5.32 Å². The number of nitrogens with one attached hydrogen (secondary N) is 1. The Morgan fingerprint density at radius 2 is 2.00 bits per heavy atom. The van der Waals surface area contributed by atoms with Gasteiger partial charge in [-0.05, 0) is 26.2 Å². The highest BCUT2D eigenvalue weighted by atomic mass is 16.3. The van der Waals surface area contributed by atoms with Gasteiger partial charge in [0.05, 0.1) is 6.61 Å². The first-order valence-electron chi connectivity index (χ1n) is 6.09. The fourth-order valence-electron chi connectivity index (χ4n) is 1.86. The third kappa shape index (κ3) is 4.43. The average molecular weight is 199 g/mol. The van der Waals surface area contributed by atoms with Gasteiger partial charge in [0.2, 0.25) is 0 Å². The Labute approximate surface area is 88.1 Å². The first-order valence-corrected chi connectivity index (χ1v) is 6.09. The van der Waals surface area contributed by atoms with E-state index in [0.29, 0.717) is 6.04 Å². The van der Waals surface area contributed by atoms with Crippen LogP contribution >= 0.6 is 0 Å². The summed E-state index contributed by atoms with van der Waals surface area (Å²) in [5.41, 5.74) is -0.0189. The summed E-state index contributed by atoms with van der Waals surface area (Å²) in [5.74, 6) is 0. The van der Waals surface area contributed by atoms with Crippen LogP contribution in [-0.2, 0) is 0 Å². The van der Waals surface area contributed by atoms with Crippen LogP contribution in [0.15, 0.2) is 0 Å². The minimum Gasteiger partial charge on any atom is -0.394 e. The first-order chi connectivity index (χ1) is 6.70. The smallest absolute Gasteiger partial charge is 0.0610 e. The fourth-order valence-corrected chi connectivity index (χ4v) is 1.86. The molecule has 0 saturated heterocycles. The normalized spacial score (nSPS) is 20.8. The van der Waals surface area contributed by atoms with E-state index in [1.54, 1.807) is 0 Å². The molecule has 2 N–H and O–H groups in total. The van der Waals surface area contributed by atoms with Gasteiger partial charge >= 0.3 is 0 Å². The Morgan fingerprint density at radius 3 is 2.50 bits per heavy atom. The zero-order valence-electron chi connectivity index (χ0n) is 9.68. The molecule has 0 radical (unpaired) electrons. The number of aliphatic hydroxyl groups excluding tert-OH is 1. The predicted octanol–water partition coefficient (Wildman–Crippen LogP) is 2.46. The lowest BCUT2D eigenvalue weighted by Crippen LogP contribution is -2.46. The lowest BCUT2D eigenvalue weighted by molar-refractivity contribution is 0.161. The summed E-state index contributed by atoms with van der Waals surface area (Å²) in [6, 6.07) is 0.693. The van der Waals surface area contributed by atoms with Gasteiger partial charge < -0.3 is 10.4 Å². The van der Waals surface area contributed by atoms with Gasteiger partial charge in [-0.15, -0.1) is 0 Å². The number of aliphatic hydroxyl groups is 1. The number of hydrogen-bond donors (Lipinski definition) is 2. The molecule has 0 bridgehead atoms. The molecule has 84 valence electrons. The summed E-state index contributed by atoms with van der Waals surface area (Å²) in [7, 11) is 0. The van der Waals surface area contributed by atoms with E-state index in [0.717, 1.165) is 6.42 Å². The number of rotatable bonds is 8. The van der Waals surface area contributed by atoms with Crippen molar-refractivity contribution in [2.45, 2.75) is 70.4 Å². The van der Waals surface area contributed by atoms with Gasteiger partial charge in [-0.2, -0.15) is 0 Å². The fraction of sp³-hybridized carbons (Fsp3) is 1.00. The molecule has 1 fully saturated rings. The summed E-state index contributed by atoms with van der Waals surface area (Å²) < 4.78 is 0. The van der Waals surface area contributed by atoms with E-state index in [1.165, 1.54) is 38.5 Å². The zero-order chi connectivity index (χ0) is 10.4. The second-order valence-corrected chi connectivity index (χ2v) is 4.95. The predicted molar refractivity (Wildman–Crippen MR) is 60.4 cm³/mol. The topological polar surface area (TPSA) is 32.3 Å². The Balaban J connectivity index is 2.14. The summed E-state index contributed by atoms with van der Waals surface area (Å²) >= 11 is 0. The summed E-state index contributed by atoms with van der Waals surface area (Å²) in [4.78, 5) is 0. The second-order valence-electron chi connectivity index (χ2n) is 4.95. The molecule has 1 unspecified atom stereocenters. The van der Waals surface area contributed by atoms with Crippen LogP contribution in [-0.4, -0.2) is 23.3 Å². The second kappa shape index (κ2) is 5.72. The van der Waals surface area contributed by atoms with Crippen molar-refractivity contribution < 1.29 is 5.11 Å². The SMILES string of the molecule is CCCCCCC(C)(CO)NC1CC1. The van der Waals surface area contributed by atoms with E-state index in [-0.39, 0.29) is 12.1 Å². The molecule has 0 aromatic carbocycles. The van der Waals surface area contributed by atoms with Crippen molar-refractivity contribution in [2.75, 3.05) is 6.61 Å². The van der Waals surface area contributed by atoms with E-state index in [1.807, 2.05) is 0 Å². The maximum Gasteiger partial charge on any atom is 0.0610 e. The van der Waals surface area contributed by atoms with Crippen LogP contribution in [0, 0.1) is 0 Å². The maximum atomic E-state index is 9.36. The van der Waals surface area contributed by atoms with Crippen LogP contribution in [0.3, 0.4) is 0 Å². The molecule has 1 saturated carbocycles. The molecule has 2 heteroatoms. The Morgan fingerprint density at radius 1 is 1.29 bits per heavy atom. The Bertz CT molecular complexity index is 156. The van der Waals surface area contributed by atoms with Gasteiger partial charge in [-0.3, -0.25) is 0 Å². The molecule has 1 rings (SSSR count). The van der Waals surface area contributed by atoms with Crippen molar-refractivity contribution in [1.29, 1.82) is 0 Å². The average Bonchev–Trinajstić information content (AvgIpc) is 2.96. The molecule has 0 aliphatic heterocycles. The molecular formula is C12H25NO. The van der Waals surface area contributed by atoms with Gasteiger partial charge in [0.25, 0.3) is 0 Å². The largest absolute Gasteiger partial charge is 0.394 e. The number of hydrogen-bond acceptors (Lipinski definition) is 2. The van der Waals surface area contributed by atoms with Gasteiger partial charge in [0, 0.05) is 11.6 Å². The minimum atomic E-state index is -0.0189. The quantitative estimate of drug-likeness (QED) is 0.589. The van der Waals surface area contributed by atoms with Crippen molar-refractivity contribution in [2.24, 2.45) is 0 Å². The molecule has 0 amide bonds. The van der Waals surface area contributed by atoms with E-state index >= 15 is 0 Å². The number of unbranched alkanes of at least 4 members (excludes halogenated alkanes) is 3. The highest BCUT2D eigenvalue weighted by molar-refractivity contribution is 4.92. The minimum absolute atomic E-state index is 0.0189. The Kier molecular flexibility index (Phi) is 4.90. The summed E-state index contributed by atoms with van der Waals surface area (Å²) in [6.07, 6.45) is 8.86. The molecule has 0 spiro atoms. The van der Waals surface area contributed by atoms with Gasteiger partial charge in [-0.25, -0.2) is 0 Å². The van der Waals surface area contributed by atoms with E-state index in [2.05, 4.69) is 19.2 Å². The lowest BCUT2D eigenvalue weighted by Gasteiger charge is -2.29.